The van der Waals surface area contributed by atoms with Gasteiger partial charge in [-0.15, -0.1) is 12.4 Å². The quantitative estimate of drug-likeness (QED) is 0.851. The summed E-state index contributed by atoms with van der Waals surface area (Å²) in [5, 5.41) is 6.53. The smallest absolute Gasteiger partial charge is 0.252 e. The van der Waals surface area contributed by atoms with E-state index < -0.39 is 0 Å². The van der Waals surface area contributed by atoms with Gasteiger partial charge in [-0.25, -0.2) is 0 Å². The van der Waals surface area contributed by atoms with Crippen molar-refractivity contribution in [2.24, 2.45) is 0 Å². The topological polar surface area (TPSA) is 41.1 Å². The maximum Gasteiger partial charge on any atom is 0.252 e. The van der Waals surface area contributed by atoms with Crippen molar-refractivity contribution in [2.75, 3.05) is 13.1 Å². The van der Waals surface area contributed by atoms with E-state index in [0.29, 0.717) is 17.1 Å². The summed E-state index contributed by atoms with van der Waals surface area (Å²) in [7, 11) is 0. The van der Waals surface area contributed by atoms with Gasteiger partial charge in [0.1, 0.15) is 0 Å². The van der Waals surface area contributed by atoms with Crippen molar-refractivity contribution in [2.45, 2.75) is 19.9 Å². The number of halogens is 3. The number of amides is 1. The van der Waals surface area contributed by atoms with Gasteiger partial charge in [-0.05, 0) is 31.7 Å². The van der Waals surface area contributed by atoms with Crippen molar-refractivity contribution in [3.8, 4) is 0 Å². The van der Waals surface area contributed by atoms with Gasteiger partial charge in [-0.2, -0.15) is 0 Å². The first-order valence-corrected chi connectivity index (χ1v) is 6.68. The third-order valence-electron chi connectivity index (χ3n) is 2.29. The highest BCUT2D eigenvalue weighted by molar-refractivity contribution is 9.10. The molecule has 0 saturated heterocycles. The van der Waals surface area contributed by atoms with Gasteiger partial charge in [0.2, 0.25) is 0 Å². The molecule has 3 nitrogen and oxygen atoms in total. The summed E-state index contributed by atoms with van der Waals surface area (Å²) in [5.41, 5.74) is 0.491. The second-order valence-electron chi connectivity index (χ2n) is 3.79. The number of carbonyl (C=O) groups excluding carboxylic acids is 1. The molecule has 0 aliphatic heterocycles. The third kappa shape index (κ3) is 5.57. The summed E-state index contributed by atoms with van der Waals surface area (Å²) in [6.45, 7) is 5.51. The van der Waals surface area contributed by atoms with Crippen LogP contribution >= 0.6 is 39.9 Å². The molecule has 1 aromatic carbocycles. The highest BCUT2D eigenvalue weighted by atomic mass is 79.9. The van der Waals surface area contributed by atoms with E-state index in [4.69, 9.17) is 11.6 Å². The molecule has 2 N–H and O–H groups in total. The van der Waals surface area contributed by atoms with Gasteiger partial charge in [-0.1, -0.05) is 34.5 Å². The molecule has 1 amide bonds. The third-order valence-corrected chi connectivity index (χ3v) is 3.12. The van der Waals surface area contributed by atoms with E-state index in [0.717, 1.165) is 11.0 Å². The molecule has 0 aromatic heterocycles. The molecule has 0 heterocycles. The molecule has 0 fully saturated rings. The fourth-order valence-electron chi connectivity index (χ4n) is 1.43. The fourth-order valence-corrected chi connectivity index (χ4v) is 2.00. The molecule has 0 aliphatic rings. The van der Waals surface area contributed by atoms with Gasteiger partial charge in [0.05, 0.1) is 10.6 Å². The number of nitrogens with one attached hydrogen (secondary N) is 2. The van der Waals surface area contributed by atoms with Crippen LogP contribution in [-0.4, -0.2) is 25.0 Å². The molecule has 1 rings (SSSR count). The molecule has 6 heteroatoms. The Bertz CT molecular complexity index is 402. The van der Waals surface area contributed by atoms with Crippen LogP contribution in [0.3, 0.4) is 0 Å². The Labute approximate surface area is 127 Å². The minimum Gasteiger partial charge on any atom is -0.350 e. The van der Waals surface area contributed by atoms with Gasteiger partial charge in [0, 0.05) is 17.1 Å². The highest BCUT2D eigenvalue weighted by Gasteiger charge is 2.11. The van der Waals surface area contributed by atoms with E-state index in [1.807, 2.05) is 13.8 Å². The molecule has 18 heavy (non-hydrogen) atoms. The number of hydrogen-bond acceptors (Lipinski definition) is 2. The average Bonchev–Trinajstić information content (AvgIpc) is 2.29. The van der Waals surface area contributed by atoms with Crippen molar-refractivity contribution >= 4 is 45.8 Å². The summed E-state index contributed by atoms with van der Waals surface area (Å²) in [6, 6.07) is 5.47. The first kappa shape index (κ1) is 17.7. The average molecular weight is 356 g/mol. The van der Waals surface area contributed by atoms with Crippen molar-refractivity contribution in [3.63, 3.8) is 0 Å². The fraction of sp³-hybridized carbons (Fsp3) is 0.417. The molecule has 1 atom stereocenters. The molecule has 0 radical (unpaired) electrons. The predicted molar refractivity (Wildman–Crippen MR) is 81.9 cm³/mol. The zero-order valence-corrected chi connectivity index (χ0v) is 13.5. The van der Waals surface area contributed by atoms with E-state index in [-0.39, 0.29) is 24.4 Å². The summed E-state index contributed by atoms with van der Waals surface area (Å²) in [4.78, 5) is 11.9. The highest BCUT2D eigenvalue weighted by Crippen LogP contribution is 2.20. The van der Waals surface area contributed by atoms with Crippen LogP contribution in [0.15, 0.2) is 22.7 Å². The zero-order valence-electron chi connectivity index (χ0n) is 10.3. The first-order chi connectivity index (χ1) is 8.04. The monoisotopic (exact) mass is 354 g/mol. The minimum absolute atomic E-state index is 0. The Morgan fingerprint density at radius 3 is 2.78 bits per heavy atom. The van der Waals surface area contributed by atoms with Crippen LogP contribution < -0.4 is 10.6 Å². The number of benzene rings is 1. The van der Waals surface area contributed by atoms with E-state index in [1.54, 1.807) is 18.2 Å². The Morgan fingerprint density at radius 1 is 1.50 bits per heavy atom. The molecule has 0 spiro atoms. The standard InChI is InChI=1S/C12H16BrClN2O.ClH/c1-3-15-8(2)7-16-12(17)10-6-9(13)4-5-11(10)14;/h4-6,8,15H,3,7H2,1-2H3,(H,16,17);1H/t8-;/m1./s1. The lowest BCUT2D eigenvalue weighted by Gasteiger charge is -2.13. The number of carbonyl (C=O) groups is 1. The molecule has 0 saturated carbocycles. The molecular formula is C12H17BrCl2N2O. The molecule has 1 aromatic rings. The lowest BCUT2D eigenvalue weighted by atomic mass is 10.2. The molecule has 0 bridgehead atoms. The molecule has 0 aliphatic carbocycles. The van der Waals surface area contributed by atoms with Gasteiger partial charge < -0.3 is 10.6 Å². The van der Waals surface area contributed by atoms with Gasteiger partial charge in [-0.3, -0.25) is 4.79 Å². The van der Waals surface area contributed by atoms with E-state index in [9.17, 15) is 4.79 Å². The Balaban J connectivity index is 0.00000289. The second kappa shape index (κ2) is 8.75. The van der Waals surface area contributed by atoms with Crippen LogP contribution in [0.2, 0.25) is 5.02 Å². The maximum absolute atomic E-state index is 11.9. The van der Waals surface area contributed by atoms with Crippen LogP contribution in [0, 0.1) is 0 Å². The van der Waals surface area contributed by atoms with Gasteiger partial charge >= 0.3 is 0 Å². The Morgan fingerprint density at radius 2 is 2.17 bits per heavy atom. The lowest BCUT2D eigenvalue weighted by molar-refractivity contribution is 0.0950. The van der Waals surface area contributed by atoms with Crippen LogP contribution in [-0.2, 0) is 0 Å². The van der Waals surface area contributed by atoms with E-state index in [1.165, 1.54) is 0 Å². The van der Waals surface area contributed by atoms with E-state index in [2.05, 4.69) is 26.6 Å². The van der Waals surface area contributed by atoms with Crippen molar-refractivity contribution in [1.82, 2.24) is 10.6 Å². The molecular weight excluding hydrogens is 339 g/mol. The van der Waals surface area contributed by atoms with Gasteiger partial charge in [0.15, 0.2) is 0 Å². The van der Waals surface area contributed by atoms with Crippen LogP contribution in [0.25, 0.3) is 0 Å². The number of rotatable bonds is 5. The number of likely N-dealkylation sites (N-methyl/N-ethyl adjacent to an activating group) is 1. The zero-order chi connectivity index (χ0) is 12.8. The predicted octanol–water partition coefficient (Wildman–Crippen LogP) is 3.25. The summed E-state index contributed by atoms with van der Waals surface area (Å²) in [5.74, 6) is -0.152. The Kier molecular flexibility index (Phi) is 8.61. The van der Waals surface area contributed by atoms with Crippen LogP contribution in [0.5, 0.6) is 0 Å². The Hall–Kier alpha value is -0.290. The van der Waals surface area contributed by atoms with E-state index >= 15 is 0 Å². The van der Waals surface area contributed by atoms with Crippen molar-refractivity contribution in [1.29, 1.82) is 0 Å². The lowest BCUT2D eigenvalue weighted by Crippen LogP contribution is -2.38. The van der Waals surface area contributed by atoms with Crippen molar-refractivity contribution < 1.29 is 4.79 Å². The molecule has 0 unspecified atom stereocenters. The second-order valence-corrected chi connectivity index (χ2v) is 5.12. The maximum atomic E-state index is 11.9. The van der Waals surface area contributed by atoms with Crippen LogP contribution in [0.1, 0.15) is 24.2 Å². The summed E-state index contributed by atoms with van der Waals surface area (Å²) < 4.78 is 0.840. The van der Waals surface area contributed by atoms with Crippen LogP contribution in [0.4, 0.5) is 0 Å². The van der Waals surface area contributed by atoms with Gasteiger partial charge in [0.25, 0.3) is 5.91 Å². The largest absolute Gasteiger partial charge is 0.350 e. The first-order valence-electron chi connectivity index (χ1n) is 5.51. The minimum atomic E-state index is -0.152. The van der Waals surface area contributed by atoms with Crippen molar-refractivity contribution in [3.05, 3.63) is 33.3 Å². The summed E-state index contributed by atoms with van der Waals surface area (Å²) >= 11 is 9.29. The molecule has 102 valence electrons. The number of hydrogen-bond donors (Lipinski definition) is 2. The summed E-state index contributed by atoms with van der Waals surface area (Å²) in [6.07, 6.45) is 0. The normalized spacial score (nSPS) is 11.6. The SMILES string of the molecule is CCN[C@H](C)CNC(=O)c1cc(Br)ccc1Cl.Cl.